The van der Waals surface area contributed by atoms with E-state index < -0.39 is 55.0 Å². The number of alkyl halides is 6. The van der Waals surface area contributed by atoms with Crippen LogP contribution >= 0.6 is 23.2 Å². The molecule has 2 rings (SSSR count). The van der Waals surface area contributed by atoms with Crippen LogP contribution in [0.1, 0.15) is 25.8 Å². The molecule has 3 atom stereocenters. The first-order valence-electron chi connectivity index (χ1n) is 8.69. The zero-order valence-electron chi connectivity index (χ0n) is 16.5. The van der Waals surface area contributed by atoms with Crippen molar-refractivity contribution in [3.8, 4) is 6.07 Å². The van der Waals surface area contributed by atoms with Gasteiger partial charge in [0.05, 0.1) is 38.0 Å². The SMILES string of the molecule is C=C(C)C(C)CC1=C(S(=O)C(F)(F)F)C(C#N)N(N)N1c1c(Cl)cc(C(F)(F)F)cc1Cl. The molecule has 5 nitrogen and oxygen atoms in total. The van der Waals surface area contributed by atoms with E-state index in [1.165, 1.54) is 0 Å². The normalized spacial score (nSPS) is 19.8. The van der Waals surface area contributed by atoms with Gasteiger partial charge in [0.2, 0.25) is 0 Å². The number of nitrogens with zero attached hydrogens (tertiary/aromatic N) is 3. The number of hydrogen-bond acceptors (Lipinski definition) is 5. The fourth-order valence-corrected chi connectivity index (χ4v) is 4.57. The van der Waals surface area contributed by atoms with Gasteiger partial charge in [0.25, 0.3) is 0 Å². The van der Waals surface area contributed by atoms with Gasteiger partial charge in [-0.25, -0.2) is 10.1 Å². The summed E-state index contributed by atoms with van der Waals surface area (Å²) in [5, 5.41) is 9.61. The summed E-state index contributed by atoms with van der Waals surface area (Å²) in [5.41, 5.74) is -6.60. The van der Waals surface area contributed by atoms with E-state index in [9.17, 15) is 35.8 Å². The molecule has 0 amide bonds. The third kappa shape index (κ3) is 5.07. The molecule has 1 aliphatic rings. The average molecular weight is 521 g/mol. The lowest BCUT2D eigenvalue weighted by atomic mass is 9.98. The van der Waals surface area contributed by atoms with Crippen LogP contribution in [0, 0.1) is 17.2 Å². The molecule has 0 bridgehead atoms. The number of benzene rings is 1. The van der Waals surface area contributed by atoms with Gasteiger partial charge >= 0.3 is 11.7 Å². The first-order valence-corrected chi connectivity index (χ1v) is 10.6. The molecule has 0 aliphatic carbocycles. The number of halogens is 8. The number of hydrazine groups is 2. The van der Waals surface area contributed by atoms with Crippen LogP contribution in [0.15, 0.2) is 34.9 Å². The van der Waals surface area contributed by atoms with E-state index in [4.69, 9.17) is 29.0 Å². The molecule has 1 aromatic carbocycles. The van der Waals surface area contributed by atoms with Crippen LogP contribution in [0.4, 0.5) is 32.0 Å². The van der Waals surface area contributed by atoms with Gasteiger partial charge in [0.1, 0.15) is 0 Å². The van der Waals surface area contributed by atoms with Crippen LogP contribution in [-0.2, 0) is 17.0 Å². The highest BCUT2D eigenvalue weighted by Gasteiger charge is 2.50. The minimum absolute atomic E-state index is 0.230. The molecule has 1 aliphatic heterocycles. The molecule has 14 heteroatoms. The van der Waals surface area contributed by atoms with E-state index in [1.54, 1.807) is 19.9 Å². The van der Waals surface area contributed by atoms with Crippen molar-refractivity contribution in [1.29, 1.82) is 5.26 Å². The van der Waals surface area contributed by atoms with Crippen LogP contribution in [0.5, 0.6) is 0 Å². The number of nitrogens with two attached hydrogens (primary N) is 1. The van der Waals surface area contributed by atoms with Gasteiger partial charge < -0.3 is 0 Å². The van der Waals surface area contributed by atoms with Gasteiger partial charge in [0, 0.05) is 0 Å². The summed E-state index contributed by atoms with van der Waals surface area (Å²) in [5.74, 6) is 5.39. The molecule has 0 aromatic heterocycles. The quantitative estimate of drug-likeness (QED) is 0.297. The summed E-state index contributed by atoms with van der Waals surface area (Å²) < 4.78 is 91.7. The van der Waals surface area contributed by atoms with Gasteiger partial charge in [-0.15, -0.1) is 5.12 Å². The zero-order valence-corrected chi connectivity index (χ0v) is 18.8. The second-order valence-corrected chi connectivity index (χ2v) is 9.24. The van der Waals surface area contributed by atoms with E-state index in [2.05, 4.69) is 6.58 Å². The zero-order chi connectivity index (χ0) is 24.8. The molecule has 32 heavy (non-hydrogen) atoms. The Hall–Kier alpha value is -1.78. The molecule has 0 saturated heterocycles. The average Bonchev–Trinajstić information content (AvgIpc) is 2.90. The smallest absolute Gasteiger partial charge is 0.260 e. The Balaban J connectivity index is 2.83. The van der Waals surface area contributed by atoms with Crippen LogP contribution in [0.25, 0.3) is 0 Å². The Morgan fingerprint density at radius 1 is 1.28 bits per heavy atom. The first kappa shape index (κ1) is 26.5. The second-order valence-electron chi connectivity index (χ2n) is 6.99. The van der Waals surface area contributed by atoms with Crippen molar-refractivity contribution in [1.82, 2.24) is 5.12 Å². The summed E-state index contributed by atoms with van der Waals surface area (Å²) in [4.78, 5) is -0.859. The van der Waals surface area contributed by atoms with E-state index in [0.29, 0.717) is 22.8 Å². The maximum absolute atomic E-state index is 13.4. The fraction of sp³-hybridized carbons (Fsp3) is 0.389. The summed E-state index contributed by atoms with van der Waals surface area (Å²) in [6.07, 6.45) is -5.03. The number of hydrogen-bond donors (Lipinski definition) is 1. The number of anilines is 1. The predicted molar refractivity (Wildman–Crippen MR) is 109 cm³/mol. The van der Waals surface area contributed by atoms with Crippen LogP contribution < -0.4 is 10.9 Å². The highest BCUT2D eigenvalue weighted by Crippen LogP contribution is 2.47. The van der Waals surface area contributed by atoms with Gasteiger partial charge in [-0.2, -0.15) is 31.6 Å². The maximum atomic E-state index is 13.4. The van der Waals surface area contributed by atoms with E-state index in [0.717, 1.165) is 5.01 Å². The topological polar surface area (TPSA) is 73.4 Å². The lowest BCUT2D eigenvalue weighted by Gasteiger charge is -2.32. The molecule has 3 unspecified atom stereocenters. The van der Waals surface area contributed by atoms with Crippen molar-refractivity contribution in [3.05, 3.63) is 50.5 Å². The molecule has 0 fully saturated rings. The molecule has 0 radical (unpaired) electrons. The van der Waals surface area contributed by atoms with E-state index >= 15 is 0 Å². The van der Waals surface area contributed by atoms with Crippen molar-refractivity contribution in [2.24, 2.45) is 11.8 Å². The Morgan fingerprint density at radius 2 is 1.78 bits per heavy atom. The predicted octanol–water partition coefficient (Wildman–Crippen LogP) is 5.90. The molecular weight excluding hydrogens is 505 g/mol. The maximum Gasteiger partial charge on any atom is 0.475 e. The van der Waals surface area contributed by atoms with Crippen molar-refractivity contribution in [2.75, 3.05) is 5.01 Å². The van der Waals surface area contributed by atoms with Crippen LogP contribution in [0.2, 0.25) is 10.0 Å². The Bertz CT molecular complexity index is 1010. The Kier molecular flexibility index (Phi) is 7.63. The summed E-state index contributed by atoms with van der Waals surface area (Å²) in [6, 6.07) is 0.744. The third-order valence-corrected chi connectivity index (χ3v) is 6.57. The highest BCUT2D eigenvalue weighted by atomic mass is 35.5. The Morgan fingerprint density at radius 3 is 2.16 bits per heavy atom. The summed E-state index contributed by atoms with van der Waals surface area (Å²) in [6.45, 7) is 6.93. The lowest BCUT2D eigenvalue weighted by Crippen LogP contribution is -2.48. The minimum atomic E-state index is -5.23. The monoisotopic (exact) mass is 520 g/mol. The molecule has 1 aromatic rings. The van der Waals surface area contributed by atoms with Crippen molar-refractivity contribution in [3.63, 3.8) is 0 Å². The van der Waals surface area contributed by atoms with Gasteiger partial charge in [-0.1, -0.05) is 42.3 Å². The van der Waals surface area contributed by atoms with E-state index in [1.807, 2.05) is 0 Å². The standard InChI is InChI=1S/C18H16Cl2F6N4OS/c1-8(2)9(3)4-13-16(32(31)18(24,25)26)14(7-27)30(28)29(13)15-11(19)5-10(6-12(15)20)17(21,22)23/h5-6,9,14H,1,4,28H2,2-3H3. The highest BCUT2D eigenvalue weighted by molar-refractivity contribution is 7.90. The Labute approximate surface area is 192 Å². The summed E-state index contributed by atoms with van der Waals surface area (Å²) in [7, 11) is -3.65. The fourth-order valence-electron chi connectivity index (χ4n) is 2.92. The molecular formula is C18H16Cl2F6N4OS. The van der Waals surface area contributed by atoms with Crippen molar-refractivity contribution in [2.45, 2.75) is 38.0 Å². The second kappa shape index (κ2) is 9.23. The molecule has 0 saturated carbocycles. The minimum Gasteiger partial charge on any atom is -0.260 e. The van der Waals surface area contributed by atoms with Crippen LogP contribution in [0.3, 0.4) is 0 Å². The van der Waals surface area contributed by atoms with Gasteiger partial charge in [0.15, 0.2) is 16.8 Å². The van der Waals surface area contributed by atoms with Gasteiger partial charge in [-0.05, 0) is 31.4 Å². The molecule has 0 spiro atoms. The van der Waals surface area contributed by atoms with Gasteiger partial charge in [-0.3, -0.25) is 5.01 Å². The summed E-state index contributed by atoms with van der Waals surface area (Å²) >= 11 is 12.1. The van der Waals surface area contributed by atoms with Crippen LogP contribution in [-0.4, -0.2) is 20.9 Å². The number of rotatable bonds is 5. The molecule has 176 valence electrons. The van der Waals surface area contributed by atoms with Crippen molar-refractivity contribution >= 4 is 39.7 Å². The number of nitriles is 1. The number of allylic oxidation sites excluding steroid dienone is 2. The molecule has 2 N–H and O–H groups in total. The lowest BCUT2D eigenvalue weighted by molar-refractivity contribution is -0.137. The van der Waals surface area contributed by atoms with E-state index in [-0.39, 0.29) is 17.8 Å². The van der Waals surface area contributed by atoms with Crippen molar-refractivity contribution < 1.29 is 30.6 Å². The third-order valence-electron chi connectivity index (χ3n) is 4.71. The largest absolute Gasteiger partial charge is 0.475 e. The first-order chi connectivity index (χ1) is 14.5. The molecule has 1 heterocycles.